The second-order valence-electron chi connectivity index (χ2n) is 8.97. The molecule has 11 heteroatoms. The average molecular weight is 515 g/mol. The lowest BCUT2D eigenvalue weighted by atomic mass is 9.99. The van der Waals surface area contributed by atoms with Crippen LogP contribution in [0.15, 0.2) is 36.4 Å². The van der Waals surface area contributed by atoms with Crippen molar-refractivity contribution in [1.82, 2.24) is 20.5 Å². The number of ether oxygens (including phenoxy) is 3. The van der Waals surface area contributed by atoms with E-state index in [1.807, 2.05) is 19.1 Å². The minimum absolute atomic E-state index is 0.224. The summed E-state index contributed by atoms with van der Waals surface area (Å²) in [5, 5.41) is 13.1. The van der Waals surface area contributed by atoms with Gasteiger partial charge in [-0.15, -0.1) is 0 Å². The van der Waals surface area contributed by atoms with Crippen molar-refractivity contribution in [3.63, 3.8) is 0 Å². The highest BCUT2D eigenvalue weighted by Gasteiger charge is 2.41. The summed E-state index contributed by atoms with van der Waals surface area (Å²) in [6.45, 7) is 4.43. The molecule has 1 fully saturated rings. The van der Waals surface area contributed by atoms with Gasteiger partial charge >= 0.3 is 12.1 Å². The molecule has 1 aliphatic heterocycles. The van der Waals surface area contributed by atoms with Crippen molar-refractivity contribution < 1.29 is 32.2 Å². The number of aromatic nitrogens is 3. The summed E-state index contributed by atoms with van der Waals surface area (Å²) in [4.78, 5) is 15.9. The molecule has 37 heavy (non-hydrogen) atoms. The van der Waals surface area contributed by atoms with Gasteiger partial charge in [0.2, 0.25) is 0 Å². The molecule has 1 aliphatic rings. The molecule has 0 unspecified atom stereocenters. The van der Waals surface area contributed by atoms with Gasteiger partial charge in [-0.3, -0.25) is 5.10 Å². The highest BCUT2D eigenvalue weighted by atomic mass is 19.4. The first-order chi connectivity index (χ1) is 17.7. The van der Waals surface area contributed by atoms with E-state index in [0.29, 0.717) is 40.9 Å². The lowest BCUT2D eigenvalue weighted by Crippen LogP contribution is -2.30. The van der Waals surface area contributed by atoms with Gasteiger partial charge in [0.05, 0.1) is 19.4 Å². The third-order valence-electron chi connectivity index (χ3n) is 6.48. The summed E-state index contributed by atoms with van der Waals surface area (Å²) in [6, 6.07) is 9.43. The van der Waals surface area contributed by atoms with E-state index < -0.39 is 12.1 Å². The zero-order chi connectivity index (χ0) is 26.2. The van der Waals surface area contributed by atoms with Gasteiger partial charge in [0, 0.05) is 27.4 Å². The number of esters is 1. The Morgan fingerprint density at radius 2 is 1.78 bits per heavy atom. The highest BCUT2D eigenvalue weighted by Crippen LogP contribution is 2.40. The van der Waals surface area contributed by atoms with E-state index in [9.17, 15) is 18.0 Å². The maximum Gasteiger partial charge on any atom is 0.491 e. The first-order valence-electron chi connectivity index (χ1n) is 11.8. The van der Waals surface area contributed by atoms with Crippen LogP contribution in [0, 0.1) is 12.8 Å². The Kier molecular flexibility index (Phi) is 6.63. The first kappa shape index (κ1) is 24.8. The van der Waals surface area contributed by atoms with Crippen molar-refractivity contribution >= 4 is 27.8 Å². The second-order valence-corrected chi connectivity index (χ2v) is 8.97. The first-order valence-corrected chi connectivity index (χ1v) is 11.8. The van der Waals surface area contributed by atoms with Crippen LogP contribution in [-0.4, -0.2) is 54.1 Å². The molecule has 5 rings (SSSR count). The maximum absolute atomic E-state index is 12.5. The quantitative estimate of drug-likeness (QED) is 0.278. The molecule has 0 atom stereocenters. The number of alkyl halides is 3. The van der Waals surface area contributed by atoms with Crippen LogP contribution >= 0.6 is 0 Å². The minimum atomic E-state index is -5.08. The summed E-state index contributed by atoms with van der Waals surface area (Å²) >= 11 is 0. The number of carbonyl (C=O) groups is 1. The molecule has 8 nitrogen and oxygen atoms in total. The molecule has 0 aliphatic carbocycles. The van der Waals surface area contributed by atoms with Crippen molar-refractivity contribution in [2.45, 2.75) is 25.9 Å². The van der Waals surface area contributed by atoms with E-state index >= 15 is 0 Å². The average Bonchev–Trinajstić information content (AvgIpc) is 3.27. The number of carbonyl (C=O) groups excluding carboxylic acids is 1. The number of aromatic amines is 1. The van der Waals surface area contributed by atoms with Crippen LogP contribution in [0.4, 0.5) is 13.2 Å². The van der Waals surface area contributed by atoms with E-state index in [1.54, 1.807) is 19.2 Å². The number of pyridine rings is 1. The zero-order valence-corrected chi connectivity index (χ0v) is 20.2. The van der Waals surface area contributed by atoms with Crippen LogP contribution in [0.1, 0.15) is 18.5 Å². The number of hydrogen-bond acceptors (Lipinski definition) is 7. The molecule has 0 radical (unpaired) electrons. The number of nitrogens with one attached hydrogen (secondary N) is 2. The molecule has 0 amide bonds. The van der Waals surface area contributed by atoms with Gasteiger partial charge in [0.15, 0.2) is 17.1 Å². The fourth-order valence-corrected chi connectivity index (χ4v) is 4.54. The largest absolute Gasteiger partial charge is 0.493 e. The summed E-state index contributed by atoms with van der Waals surface area (Å²) in [5.41, 5.74) is 2.47. The molecular formula is C26H25F3N4O4. The molecule has 2 aromatic heterocycles. The van der Waals surface area contributed by atoms with E-state index in [4.69, 9.17) is 14.5 Å². The van der Waals surface area contributed by atoms with Crippen LogP contribution in [-0.2, 0) is 4.79 Å². The van der Waals surface area contributed by atoms with Crippen molar-refractivity contribution in [2.24, 2.45) is 5.92 Å². The van der Waals surface area contributed by atoms with Gasteiger partial charge < -0.3 is 19.5 Å². The minimum Gasteiger partial charge on any atom is -0.493 e. The van der Waals surface area contributed by atoms with Crippen LogP contribution in [0.25, 0.3) is 33.1 Å². The van der Waals surface area contributed by atoms with E-state index in [1.165, 1.54) is 12.1 Å². The topological polar surface area (TPSA) is 98.4 Å². The lowest BCUT2D eigenvalue weighted by molar-refractivity contribution is -0.189. The molecule has 3 heterocycles. The number of nitrogens with zero attached hydrogens (tertiary/aromatic N) is 2. The summed E-state index contributed by atoms with van der Waals surface area (Å²) < 4.78 is 53.9. The number of piperidine rings is 1. The molecule has 0 spiro atoms. The molecule has 4 aromatic rings. The third kappa shape index (κ3) is 5.04. The van der Waals surface area contributed by atoms with Gasteiger partial charge in [-0.1, -0.05) is 0 Å². The molecule has 1 saturated heterocycles. The Bertz CT molecular complexity index is 1440. The third-order valence-corrected chi connectivity index (χ3v) is 6.48. The number of aryl methyl sites for hydroxylation is 1. The number of benzene rings is 2. The smallest absolute Gasteiger partial charge is 0.491 e. The lowest BCUT2D eigenvalue weighted by Gasteiger charge is -2.23. The van der Waals surface area contributed by atoms with Crippen LogP contribution in [0.5, 0.6) is 17.2 Å². The predicted octanol–water partition coefficient (Wildman–Crippen LogP) is 4.94. The Morgan fingerprint density at radius 1 is 1.08 bits per heavy atom. The Hall–Kier alpha value is -3.86. The molecule has 2 aromatic carbocycles. The molecule has 194 valence electrons. The van der Waals surface area contributed by atoms with E-state index in [0.717, 1.165) is 47.8 Å². The van der Waals surface area contributed by atoms with Crippen LogP contribution < -0.4 is 19.5 Å². The molecular weight excluding hydrogens is 489 g/mol. The zero-order valence-electron chi connectivity index (χ0n) is 20.2. The summed E-state index contributed by atoms with van der Waals surface area (Å²) in [6.07, 6.45) is -2.99. The van der Waals surface area contributed by atoms with Crippen molar-refractivity contribution in [2.75, 3.05) is 26.8 Å². The number of halogens is 3. The van der Waals surface area contributed by atoms with Crippen molar-refractivity contribution in [1.29, 1.82) is 0 Å². The fraction of sp³-hybridized carbons (Fsp3) is 0.346. The van der Waals surface area contributed by atoms with Gasteiger partial charge in [-0.25, -0.2) is 9.78 Å². The van der Waals surface area contributed by atoms with E-state index in [-0.39, 0.29) is 5.75 Å². The van der Waals surface area contributed by atoms with Crippen LogP contribution in [0.2, 0.25) is 0 Å². The van der Waals surface area contributed by atoms with Gasteiger partial charge in [0.1, 0.15) is 5.75 Å². The summed E-state index contributed by atoms with van der Waals surface area (Å²) in [5.74, 6) is -0.893. The normalized spacial score (nSPS) is 14.7. The fourth-order valence-electron chi connectivity index (χ4n) is 4.54. The Balaban J connectivity index is 1.55. The number of methoxy groups -OCH3 is 1. The Labute approximate surface area is 210 Å². The van der Waals surface area contributed by atoms with Gasteiger partial charge in [-0.2, -0.15) is 18.3 Å². The maximum atomic E-state index is 12.5. The molecule has 0 bridgehead atoms. The molecule has 0 saturated carbocycles. The summed E-state index contributed by atoms with van der Waals surface area (Å²) in [7, 11) is 1.57. The monoisotopic (exact) mass is 514 g/mol. The number of rotatable bonds is 6. The van der Waals surface area contributed by atoms with Crippen molar-refractivity contribution in [3.05, 3.63) is 42.1 Å². The Morgan fingerprint density at radius 3 is 2.46 bits per heavy atom. The SMILES string of the molecule is COc1cc2c(-c3ccc(OC(=O)C(F)(F)F)cc3)nc3n[nH]c(C)c3c2cc1OCC1CCNCC1. The standard InChI is InChI=1S/C26H25F3N4O4/c1-14-22-18-11-21(36-13-15-7-9-30-10-8-15)20(35-2)12-19(18)23(31-24(22)33-32-14)16-3-5-17(6-4-16)37-25(34)26(27,28)29/h3-6,11-12,15,30H,7-10,13H2,1-2H3,(H,31,32,33). The second kappa shape index (κ2) is 9.89. The van der Waals surface area contributed by atoms with E-state index in [2.05, 4.69) is 20.3 Å². The van der Waals surface area contributed by atoms with Crippen molar-refractivity contribution in [3.8, 4) is 28.5 Å². The predicted molar refractivity (Wildman–Crippen MR) is 131 cm³/mol. The van der Waals surface area contributed by atoms with Gasteiger partial charge in [-0.05, 0) is 75.2 Å². The van der Waals surface area contributed by atoms with Gasteiger partial charge in [0.25, 0.3) is 0 Å². The van der Waals surface area contributed by atoms with Crippen LogP contribution in [0.3, 0.4) is 0 Å². The highest BCUT2D eigenvalue weighted by molar-refractivity contribution is 6.12. The number of H-pyrrole nitrogens is 1. The number of hydrogen-bond donors (Lipinski definition) is 2. The molecule has 2 N–H and O–H groups in total. The number of fused-ring (bicyclic) bond motifs is 3.